The first-order valence-corrected chi connectivity index (χ1v) is 6.61. The molecule has 110 valence electrons. The van der Waals surface area contributed by atoms with E-state index < -0.39 is 17.8 Å². The molecule has 4 nitrogen and oxygen atoms in total. The van der Waals surface area contributed by atoms with Crippen LogP contribution in [0.4, 0.5) is 10.1 Å². The molecule has 0 saturated heterocycles. The number of aliphatic hydroxyl groups excluding tert-OH is 1. The van der Waals surface area contributed by atoms with E-state index in [9.17, 15) is 14.3 Å². The van der Waals surface area contributed by atoms with Crippen LogP contribution in [0, 0.1) is 5.82 Å². The summed E-state index contributed by atoms with van der Waals surface area (Å²) >= 11 is 0. The minimum absolute atomic E-state index is 0.00505. The van der Waals surface area contributed by atoms with Gasteiger partial charge in [-0.15, -0.1) is 0 Å². The fourth-order valence-electron chi connectivity index (χ4n) is 2.00. The lowest BCUT2D eigenvalue weighted by Gasteiger charge is -2.16. The van der Waals surface area contributed by atoms with Crippen molar-refractivity contribution in [2.75, 3.05) is 12.3 Å². The lowest BCUT2D eigenvalue weighted by molar-refractivity contribution is 0.0916. The second-order valence-electron chi connectivity index (χ2n) is 4.78. The van der Waals surface area contributed by atoms with Crippen molar-refractivity contribution in [3.8, 4) is 0 Å². The van der Waals surface area contributed by atoms with Gasteiger partial charge >= 0.3 is 0 Å². The Hall–Kier alpha value is -2.40. The summed E-state index contributed by atoms with van der Waals surface area (Å²) in [5.74, 6) is -1.07. The zero-order chi connectivity index (χ0) is 15.2. The smallest absolute Gasteiger partial charge is 0.251 e. The number of hydrogen-bond acceptors (Lipinski definition) is 3. The van der Waals surface area contributed by atoms with Gasteiger partial charge in [0, 0.05) is 5.56 Å². The largest absolute Gasteiger partial charge is 0.396 e. The highest BCUT2D eigenvalue weighted by molar-refractivity contribution is 5.94. The summed E-state index contributed by atoms with van der Waals surface area (Å²) in [6, 6.07) is 13.0. The maximum atomic E-state index is 13.4. The van der Waals surface area contributed by atoms with E-state index in [0.29, 0.717) is 6.42 Å². The van der Waals surface area contributed by atoms with Crippen molar-refractivity contribution < 1.29 is 14.3 Å². The molecule has 0 fully saturated rings. The van der Waals surface area contributed by atoms with Crippen LogP contribution >= 0.6 is 0 Å². The van der Waals surface area contributed by atoms with Gasteiger partial charge < -0.3 is 16.2 Å². The summed E-state index contributed by atoms with van der Waals surface area (Å²) in [6.45, 7) is -0.196. The molecule has 0 unspecified atom stereocenters. The SMILES string of the molecule is Nc1ccc(C(=O)N[C@H](CO)Cc2ccccc2)cc1F. The van der Waals surface area contributed by atoms with Gasteiger partial charge in [-0.05, 0) is 30.2 Å². The second-order valence-corrected chi connectivity index (χ2v) is 4.78. The first-order chi connectivity index (χ1) is 10.1. The number of hydrogen-bond donors (Lipinski definition) is 3. The zero-order valence-corrected chi connectivity index (χ0v) is 11.4. The summed E-state index contributed by atoms with van der Waals surface area (Å²) in [4.78, 5) is 12.0. The molecule has 0 heterocycles. The number of nitrogens with one attached hydrogen (secondary N) is 1. The van der Waals surface area contributed by atoms with Gasteiger partial charge in [-0.3, -0.25) is 4.79 Å². The lowest BCUT2D eigenvalue weighted by atomic mass is 10.1. The molecule has 1 atom stereocenters. The Morgan fingerprint density at radius 3 is 2.57 bits per heavy atom. The predicted octanol–water partition coefficient (Wildman–Crippen LogP) is 1.74. The van der Waals surface area contributed by atoms with Crippen molar-refractivity contribution >= 4 is 11.6 Å². The van der Waals surface area contributed by atoms with Gasteiger partial charge in [0.05, 0.1) is 18.3 Å². The zero-order valence-electron chi connectivity index (χ0n) is 11.4. The number of anilines is 1. The highest BCUT2D eigenvalue weighted by Crippen LogP contribution is 2.12. The van der Waals surface area contributed by atoms with Gasteiger partial charge in [0.1, 0.15) is 5.82 Å². The van der Waals surface area contributed by atoms with Gasteiger partial charge in [0.2, 0.25) is 0 Å². The Morgan fingerprint density at radius 2 is 1.95 bits per heavy atom. The molecule has 0 saturated carbocycles. The molecule has 0 aliphatic heterocycles. The molecule has 2 rings (SSSR count). The third-order valence-corrected chi connectivity index (χ3v) is 3.14. The molecule has 0 aliphatic carbocycles. The van der Waals surface area contributed by atoms with Crippen molar-refractivity contribution in [3.63, 3.8) is 0 Å². The van der Waals surface area contributed by atoms with Crippen LogP contribution in [-0.4, -0.2) is 23.7 Å². The van der Waals surface area contributed by atoms with Gasteiger partial charge in [0.15, 0.2) is 0 Å². The van der Waals surface area contributed by atoms with Crippen LogP contribution in [0.25, 0.3) is 0 Å². The fraction of sp³-hybridized carbons (Fsp3) is 0.188. The van der Waals surface area contributed by atoms with Crippen LogP contribution in [0.5, 0.6) is 0 Å². The highest BCUT2D eigenvalue weighted by Gasteiger charge is 2.14. The molecular weight excluding hydrogens is 271 g/mol. The minimum atomic E-state index is -0.633. The number of carbonyl (C=O) groups is 1. The van der Waals surface area contributed by atoms with Crippen LogP contribution in [0.15, 0.2) is 48.5 Å². The summed E-state index contributed by atoms with van der Waals surface area (Å²) in [6.07, 6.45) is 0.501. The van der Waals surface area contributed by atoms with Crippen LogP contribution in [-0.2, 0) is 6.42 Å². The van der Waals surface area contributed by atoms with Crippen molar-refractivity contribution in [3.05, 3.63) is 65.5 Å². The van der Waals surface area contributed by atoms with Crippen molar-refractivity contribution in [2.24, 2.45) is 0 Å². The van der Waals surface area contributed by atoms with E-state index >= 15 is 0 Å². The van der Waals surface area contributed by atoms with Gasteiger partial charge in [-0.25, -0.2) is 4.39 Å². The molecule has 21 heavy (non-hydrogen) atoms. The molecule has 4 N–H and O–H groups in total. The Bertz CT molecular complexity index is 617. The van der Waals surface area contributed by atoms with Crippen molar-refractivity contribution in [1.29, 1.82) is 0 Å². The van der Waals surface area contributed by atoms with Gasteiger partial charge in [-0.2, -0.15) is 0 Å². The third kappa shape index (κ3) is 4.03. The number of nitrogen functional groups attached to an aromatic ring is 1. The normalized spacial score (nSPS) is 11.9. The number of carbonyl (C=O) groups excluding carboxylic acids is 1. The molecule has 2 aromatic carbocycles. The topological polar surface area (TPSA) is 75.4 Å². The molecule has 1 amide bonds. The third-order valence-electron chi connectivity index (χ3n) is 3.14. The van der Waals surface area contributed by atoms with E-state index in [1.54, 1.807) is 0 Å². The fourth-order valence-corrected chi connectivity index (χ4v) is 2.00. The molecule has 0 bridgehead atoms. The van der Waals surface area contributed by atoms with Gasteiger partial charge in [0.25, 0.3) is 5.91 Å². The summed E-state index contributed by atoms with van der Waals surface area (Å²) in [5.41, 5.74) is 6.54. The second kappa shape index (κ2) is 6.85. The van der Waals surface area contributed by atoms with E-state index in [-0.39, 0.29) is 17.9 Å². The Balaban J connectivity index is 2.04. The molecule has 2 aromatic rings. The standard InChI is InChI=1S/C16H17FN2O2/c17-14-9-12(6-7-15(14)18)16(21)19-13(10-20)8-11-4-2-1-3-5-11/h1-7,9,13,20H,8,10,18H2,(H,19,21)/t13-/m0/s1. The number of benzene rings is 2. The Morgan fingerprint density at radius 1 is 1.24 bits per heavy atom. The Kier molecular flexibility index (Phi) is 4.90. The van der Waals surface area contributed by atoms with E-state index in [1.807, 2.05) is 30.3 Å². The highest BCUT2D eigenvalue weighted by atomic mass is 19.1. The van der Waals surface area contributed by atoms with Crippen molar-refractivity contribution in [1.82, 2.24) is 5.32 Å². The quantitative estimate of drug-likeness (QED) is 0.734. The van der Waals surface area contributed by atoms with Crippen LogP contribution < -0.4 is 11.1 Å². The Labute approximate surface area is 122 Å². The van der Waals surface area contributed by atoms with Crippen LogP contribution in [0.3, 0.4) is 0 Å². The van der Waals surface area contributed by atoms with Crippen LogP contribution in [0.1, 0.15) is 15.9 Å². The number of aliphatic hydroxyl groups is 1. The summed E-state index contributed by atoms with van der Waals surface area (Å²) in [5, 5.41) is 12.1. The minimum Gasteiger partial charge on any atom is -0.396 e. The average molecular weight is 288 g/mol. The van der Waals surface area contributed by atoms with E-state index in [0.717, 1.165) is 11.6 Å². The molecular formula is C16H17FN2O2. The molecule has 0 aromatic heterocycles. The van der Waals surface area contributed by atoms with Crippen LogP contribution in [0.2, 0.25) is 0 Å². The maximum absolute atomic E-state index is 13.4. The molecule has 5 heteroatoms. The molecule has 0 aliphatic rings. The number of amides is 1. The first-order valence-electron chi connectivity index (χ1n) is 6.61. The number of halogens is 1. The van der Waals surface area contributed by atoms with E-state index in [2.05, 4.69) is 5.32 Å². The monoisotopic (exact) mass is 288 g/mol. The predicted molar refractivity (Wildman–Crippen MR) is 79.3 cm³/mol. The average Bonchev–Trinajstić information content (AvgIpc) is 2.50. The number of rotatable bonds is 5. The number of nitrogens with two attached hydrogens (primary N) is 1. The lowest BCUT2D eigenvalue weighted by Crippen LogP contribution is -2.39. The molecule has 0 radical (unpaired) electrons. The summed E-state index contributed by atoms with van der Waals surface area (Å²) < 4.78 is 13.4. The summed E-state index contributed by atoms with van der Waals surface area (Å²) in [7, 11) is 0. The van der Waals surface area contributed by atoms with Crippen molar-refractivity contribution in [2.45, 2.75) is 12.5 Å². The molecule has 0 spiro atoms. The maximum Gasteiger partial charge on any atom is 0.251 e. The van der Waals surface area contributed by atoms with E-state index in [4.69, 9.17) is 5.73 Å². The van der Waals surface area contributed by atoms with Gasteiger partial charge in [-0.1, -0.05) is 30.3 Å². The first kappa shape index (κ1) is 15.0. The van der Waals surface area contributed by atoms with E-state index in [1.165, 1.54) is 12.1 Å².